The number of nitrogens with zero attached hydrogens (tertiary/aromatic N) is 2. The van der Waals surface area contributed by atoms with Crippen molar-refractivity contribution in [2.45, 2.75) is 13.0 Å². The van der Waals surface area contributed by atoms with Gasteiger partial charge in [-0.25, -0.2) is 0 Å². The number of nitrogens with one attached hydrogen (secondary N) is 1. The highest BCUT2D eigenvalue weighted by atomic mass is 35.5. The van der Waals surface area contributed by atoms with Gasteiger partial charge in [-0.2, -0.15) is 0 Å². The third-order valence-corrected chi connectivity index (χ3v) is 4.83. The standard InChI is InChI=1S/C17H16Cl3N3/c1-10-16(11-3-5-12(18)6-4-11)23(22-17(10)21-2)15-8-7-13(19)9-14(15)20/h3-10,16H,1-2H3,(H,21,22)/t10-,16-/m1/s1. The van der Waals surface area contributed by atoms with E-state index in [0.29, 0.717) is 15.1 Å². The van der Waals surface area contributed by atoms with E-state index < -0.39 is 0 Å². The highest BCUT2D eigenvalue weighted by Gasteiger charge is 2.38. The predicted octanol–water partition coefficient (Wildman–Crippen LogP) is 5.38. The zero-order valence-corrected chi connectivity index (χ0v) is 15.0. The smallest absolute Gasteiger partial charge is 0.120 e. The number of anilines is 1. The number of hydrogen-bond donors (Lipinski definition) is 1. The summed E-state index contributed by atoms with van der Waals surface area (Å²) >= 11 is 18.4. The highest BCUT2D eigenvalue weighted by molar-refractivity contribution is 6.36. The third kappa shape index (κ3) is 3.14. The Hall–Kier alpha value is -1.42. The lowest BCUT2D eigenvalue weighted by Gasteiger charge is -2.28. The molecule has 120 valence electrons. The normalized spacial score (nSPS) is 22.5. The van der Waals surface area contributed by atoms with Gasteiger partial charge in [0.2, 0.25) is 0 Å². The quantitative estimate of drug-likeness (QED) is 0.771. The molecule has 3 rings (SSSR count). The lowest BCUT2D eigenvalue weighted by molar-refractivity contribution is 0.588. The van der Waals surface area contributed by atoms with Crippen molar-refractivity contribution in [1.29, 1.82) is 0 Å². The van der Waals surface area contributed by atoms with Gasteiger partial charge >= 0.3 is 0 Å². The Bertz CT molecular complexity index is 743. The molecule has 0 radical (unpaired) electrons. The summed E-state index contributed by atoms with van der Waals surface area (Å²) in [7, 11) is 1.78. The number of amidine groups is 1. The van der Waals surface area contributed by atoms with Crippen LogP contribution in [-0.2, 0) is 0 Å². The van der Waals surface area contributed by atoms with Crippen molar-refractivity contribution >= 4 is 46.3 Å². The molecule has 0 saturated carbocycles. The summed E-state index contributed by atoms with van der Waals surface area (Å²) in [6.45, 7) is 2.14. The van der Waals surface area contributed by atoms with Crippen LogP contribution in [0, 0.1) is 5.92 Å². The van der Waals surface area contributed by atoms with E-state index in [0.717, 1.165) is 17.1 Å². The molecule has 0 unspecified atom stereocenters. The average Bonchev–Trinajstić information content (AvgIpc) is 2.85. The fraction of sp³-hybridized carbons (Fsp3) is 0.235. The van der Waals surface area contributed by atoms with Gasteiger partial charge in [0.25, 0.3) is 0 Å². The van der Waals surface area contributed by atoms with Crippen LogP contribution in [0.2, 0.25) is 15.1 Å². The fourth-order valence-corrected chi connectivity index (χ4v) is 3.53. The lowest BCUT2D eigenvalue weighted by Crippen LogP contribution is -2.35. The fourth-order valence-electron chi connectivity index (χ4n) is 2.91. The van der Waals surface area contributed by atoms with Crippen molar-refractivity contribution in [3.63, 3.8) is 0 Å². The molecule has 0 aliphatic carbocycles. The molecule has 3 nitrogen and oxygen atoms in total. The van der Waals surface area contributed by atoms with E-state index in [1.54, 1.807) is 13.1 Å². The molecule has 23 heavy (non-hydrogen) atoms. The van der Waals surface area contributed by atoms with Crippen LogP contribution in [0.3, 0.4) is 0 Å². The molecule has 1 aliphatic rings. The van der Waals surface area contributed by atoms with Crippen molar-refractivity contribution in [3.8, 4) is 0 Å². The molecular formula is C17H16Cl3N3. The molecule has 1 N–H and O–H groups in total. The van der Waals surface area contributed by atoms with E-state index in [-0.39, 0.29) is 12.0 Å². The molecule has 1 fully saturated rings. The first-order valence-electron chi connectivity index (χ1n) is 7.24. The summed E-state index contributed by atoms with van der Waals surface area (Å²) in [5.41, 5.74) is 5.35. The molecule has 2 aromatic carbocycles. The summed E-state index contributed by atoms with van der Waals surface area (Å²) in [6.07, 6.45) is 0. The third-order valence-electron chi connectivity index (χ3n) is 4.04. The lowest BCUT2D eigenvalue weighted by atomic mass is 9.94. The van der Waals surface area contributed by atoms with Gasteiger partial charge in [-0.3, -0.25) is 15.4 Å². The molecule has 0 bridgehead atoms. The first-order valence-corrected chi connectivity index (χ1v) is 8.37. The van der Waals surface area contributed by atoms with Gasteiger partial charge in [-0.15, -0.1) is 0 Å². The van der Waals surface area contributed by atoms with Crippen LogP contribution in [-0.4, -0.2) is 12.9 Å². The van der Waals surface area contributed by atoms with Crippen molar-refractivity contribution in [2.75, 3.05) is 12.1 Å². The number of hydrogen-bond acceptors (Lipinski definition) is 2. The Balaban J connectivity index is 2.07. The van der Waals surface area contributed by atoms with E-state index in [1.165, 1.54) is 0 Å². The second kappa shape index (κ2) is 6.60. The van der Waals surface area contributed by atoms with Gasteiger partial charge in [-0.1, -0.05) is 53.9 Å². The molecule has 0 aromatic heterocycles. The predicted molar refractivity (Wildman–Crippen MR) is 98.8 cm³/mol. The minimum absolute atomic E-state index is 0.0599. The van der Waals surface area contributed by atoms with Crippen molar-refractivity contribution in [1.82, 2.24) is 5.43 Å². The first-order chi connectivity index (χ1) is 11.0. The van der Waals surface area contributed by atoms with Gasteiger partial charge in [0, 0.05) is 23.0 Å². The highest BCUT2D eigenvalue weighted by Crippen LogP contribution is 2.40. The van der Waals surface area contributed by atoms with Crippen molar-refractivity contribution in [2.24, 2.45) is 10.9 Å². The Kier molecular flexibility index (Phi) is 4.72. The van der Waals surface area contributed by atoms with Gasteiger partial charge in [-0.05, 0) is 35.9 Å². The van der Waals surface area contributed by atoms with Gasteiger partial charge < -0.3 is 0 Å². The Morgan fingerprint density at radius 2 is 1.65 bits per heavy atom. The Labute approximate surface area is 150 Å². The van der Waals surface area contributed by atoms with Crippen LogP contribution >= 0.6 is 34.8 Å². The minimum Gasteiger partial charge on any atom is -0.285 e. The summed E-state index contributed by atoms with van der Waals surface area (Å²) in [5, 5.41) is 3.95. The molecule has 6 heteroatoms. The Morgan fingerprint density at radius 1 is 1.00 bits per heavy atom. The molecular weight excluding hydrogens is 353 g/mol. The molecule has 0 amide bonds. The molecule has 2 aromatic rings. The largest absolute Gasteiger partial charge is 0.285 e. The summed E-state index contributed by atoms with van der Waals surface area (Å²) < 4.78 is 0. The molecule has 1 aliphatic heterocycles. The number of halogens is 3. The number of aliphatic imine (C=N–C) groups is 1. The molecule has 1 heterocycles. The zero-order valence-electron chi connectivity index (χ0n) is 12.7. The summed E-state index contributed by atoms with van der Waals surface area (Å²) in [6, 6.07) is 13.4. The van der Waals surface area contributed by atoms with E-state index in [1.807, 2.05) is 41.4 Å². The van der Waals surface area contributed by atoms with Crippen LogP contribution in [0.1, 0.15) is 18.5 Å². The SMILES string of the molecule is CN=C1NN(c2ccc(Cl)cc2Cl)[C@@H](c2ccc(Cl)cc2)[C@H]1C. The maximum atomic E-state index is 6.40. The number of benzene rings is 2. The van der Waals surface area contributed by atoms with Crippen LogP contribution in [0.4, 0.5) is 5.69 Å². The molecule has 2 atom stereocenters. The molecule has 0 spiro atoms. The van der Waals surface area contributed by atoms with Crippen LogP contribution < -0.4 is 10.4 Å². The monoisotopic (exact) mass is 367 g/mol. The Morgan fingerprint density at radius 3 is 2.26 bits per heavy atom. The van der Waals surface area contributed by atoms with Gasteiger partial charge in [0.05, 0.1) is 16.8 Å². The van der Waals surface area contributed by atoms with Crippen molar-refractivity contribution < 1.29 is 0 Å². The van der Waals surface area contributed by atoms with E-state index in [2.05, 4.69) is 17.3 Å². The first kappa shape index (κ1) is 16.4. The summed E-state index contributed by atoms with van der Waals surface area (Å²) in [5.74, 6) is 1.10. The summed E-state index contributed by atoms with van der Waals surface area (Å²) in [4.78, 5) is 4.35. The minimum atomic E-state index is 0.0599. The van der Waals surface area contributed by atoms with E-state index in [9.17, 15) is 0 Å². The van der Waals surface area contributed by atoms with Gasteiger partial charge in [0.15, 0.2) is 0 Å². The van der Waals surface area contributed by atoms with Gasteiger partial charge in [0.1, 0.15) is 5.84 Å². The average molecular weight is 369 g/mol. The van der Waals surface area contributed by atoms with E-state index in [4.69, 9.17) is 34.8 Å². The van der Waals surface area contributed by atoms with Crippen molar-refractivity contribution in [3.05, 3.63) is 63.1 Å². The zero-order chi connectivity index (χ0) is 16.6. The maximum absolute atomic E-state index is 6.40. The molecule has 1 saturated heterocycles. The topological polar surface area (TPSA) is 27.6 Å². The second-order valence-corrected chi connectivity index (χ2v) is 6.75. The van der Waals surface area contributed by atoms with Crippen LogP contribution in [0.25, 0.3) is 0 Å². The van der Waals surface area contributed by atoms with Crippen LogP contribution in [0.5, 0.6) is 0 Å². The number of hydrazine groups is 1. The second-order valence-electron chi connectivity index (χ2n) is 5.47. The maximum Gasteiger partial charge on any atom is 0.120 e. The van der Waals surface area contributed by atoms with E-state index >= 15 is 0 Å². The number of rotatable bonds is 2. The van der Waals surface area contributed by atoms with Crippen LogP contribution in [0.15, 0.2) is 47.5 Å².